The molecule has 1 N–H and O–H groups in total. The molecule has 82 valence electrons. The minimum absolute atomic E-state index is 0.218. The molecule has 1 aromatic heterocycles. The van der Waals surface area contributed by atoms with Crippen molar-refractivity contribution in [2.75, 3.05) is 0 Å². The Balaban J connectivity index is 2.98. The fraction of sp³-hybridized carbons (Fsp3) is 0.0909. The van der Waals surface area contributed by atoms with Crippen LogP contribution in [0.25, 0.3) is 10.8 Å². The Kier molecular flexibility index (Phi) is 2.23. The molecule has 1 heterocycles. The number of aromatic carboxylic acids is 1. The Morgan fingerprint density at radius 2 is 2.12 bits per heavy atom. The van der Waals surface area contributed by atoms with Gasteiger partial charge in [0.1, 0.15) is 11.2 Å². The third-order valence-electron chi connectivity index (χ3n) is 2.31. The highest BCUT2D eigenvalue weighted by molar-refractivity contribution is 5.92. The van der Waals surface area contributed by atoms with Crippen LogP contribution < -0.4 is 5.63 Å². The molecule has 0 bridgehead atoms. The van der Waals surface area contributed by atoms with Crippen LogP contribution in [-0.4, -0.2) is 11.1 Å². The van der Waals surface area contributed by atoms with E-state index in [4.69, 9.17) is 5.11 Å². The summed E-state index contributed by atoms with van der Waals surface area (Å²) in [7, 11) is 0. The third kappa shape index (κ3) is 1.46. The van der Waals surface area contributed by atoms with Crippen molar-refractivity contribution in [1.29, 1.82) is 0 Å². The third-order valence-corrected chi connectivity index (χ3v) is 2.31. The largest absolute Gasteiger partial charge is 0.475 e. The summed E-state index contributed by atoms with van der Waals surface area (Å²) in [5.41, 5.74) is -0.358. The van der Waals surface area contributed by atoms with Gasteiger partial charge in [0.25, 0.3) is 0 Å². The molecular weight excluding hydrogens is 215 g/mol. The zero-order valence-electron chi connectivity index (χ0n) is 8.28. The van der Waals surface area contributed by atoms with Gasteiger partial charge in [0.15, 0.2) is 0 Å². The van der Waals surface area contributed by atoms with E-state index in [2.05, 4.69) is 4.42 Å². The van der Waals surface area contributed by atoms with Crippen LogP contribution in [0, 0.1) is 12.7 Å². The van der Waals surface area contributed by atoms with Crippen LogP contribution in [0.1, 0.15) is 16.1 Å². The smallest absolute Gasteiger partial charge is 0.371 e. The van der Waals surface area contributed by atoms with E-state index in [0.717, 1.165) is 12.1 Å². The maximum atomic E-state index is 13.4. The monoisotopic (exact) mass is 222 g/mol. The molecule has 0 aliphatic rings. The summed E-state index contributed by atoms with van der Waals surface area (Å²) >= 11 is 0. The van der Waals surface area contributed by atoms with Gasteiger partial charge in [0, 0.05) is 0 Å². The maximum absolute atomic E-state index is 13.4. The number of rotatable bonds is 1. The van der Waals surface area contributed by atoms with Crippen LogP contribution in [0.15, 0.2) is 27.4 Å². The summed E-state index contributed by atoms with van der Waals surface area (Å²) in [6.45, 7) is 1.66. The Hall–Kier alpha value is -2.17. The average Bonchev–Trinajstić information content (AvgIpc) is 2.22. The molecule has 16 heavy (non-hydrogen) atoms. The molecule has 2 rings (SSSR count). The molecule has 0 amide bonds. The van der Waals surface area contributed by atoms with Gasteiger partial charge in [-0.2, -0.15) is 0 Å². The molecule has 0 saturated heterocycles. The first-order chi connectivity index (χ1) is 7.50. The minimum Gasteiger partial charge on any atom is -0.475 e. The van der Waals surface area contributed by atoms with E-state index >= 15 is 0 Å². The van der Waals surface area contributed by atoms with Crippen molar-refractivity contribution in [3.05, 3.63) is 45.8 Å². The first-order valence-electron chi connectivity index (χ1n) is 4.47. The summed E-state index contributed by atoms with van der Waals surface area (Å²) in [5, 5.41) is 8.74. The van der Waals surface area contributed by atoms with Gasteiger partial charge in [-0.1, -0.05) is 6.07 Å². The summed E-state index contributed by atoms with van der Waals surface area (Å²) in [6, 6.07) is 3.77. The van der Waals surface area contributed by atoms with E-state index in [1.54, 1.807) is 6.92 Å². The van der Waals surface area contributed by atoms with Gasteiger partial charge in [-0.25, -0.2) is 14.0 Å². The van der Waals surface area contributed by atoms with Crippen LogP contribution in [0.5, 0.6) is 0 Å². The Morgan fingerprint density at radius 1 is 1.44 bits per heavy atom. The molecule has 0 spiro atoms. The Morgan fingerprint density at radius 3 is 2.75 bits per heavy atom. The second kappa shape index (κ2) is 3.44. The quantitative estimate of drug-likeness (QED) is 0.800. The van der Waals surface area contributed by atoms with Crippen molar-refractivity contribution in [2.24, 2.45) is 0 Å². The average molecular weight is 222 g/mol. The van der Waals surface area contributed by atoms with E-state index in [1.165, 1.54) is 6.07 Å². The van der Waals surface area contributed by atoms with Crippen molar-refractivity contribution in [1.82, 2.24) is 0 Å². The first kappa shape index (κ1) is 10.4. The topological polar surface area (TPSA) is 67.5 Å². The number of carbonyl (C=O) groups is 1. The molecule has 0 aliphatic heterocycles. The van der Waals surface area contributed by atoms with Gasteiger partial charge < -0.3 is 9.52 Å². The lowest BCUT2D eigenvalue weighted by atomic mass is 10.1. The number of benzene rings is 1. The molecule has 0 radical (unpaired) electrons. The highest BCUT2D eigenvalue weighted by Gasteiger charge is 2.14. The fourth-order valence-corrected chi connectivity index (χ4v) is 1.51. The van der Waals surface area contributed by atoms with E-state index in [-0.39, 0.29) is 10.8 Å². The Bertz CT molecular complexity index is 642. The predicted molar refractivity (Wildman–Crippen MR) is 54.1 cm³/mol. The minimum atomic E-state index is -1.36. The molecule has 2 aromatic rings. The van der Waals surface area contributed by atoms with E-state index in [0.29, 0.717) is 5.56 Å². The van der Waals surface area contributed by atoms with Crippen LogP contribution in [-0.2, 0) is 0 Å². The van der Waals surface area contributed by atoms with Crippen molar-refractivity contribution in [2.45, 2.75) is 6.92 Å². The number of carboxylic acids is 1. The van der Waals surface area contributed by atoms with E-state index in [1.807, 2.05) is 0 Å². The van der Waals surface area contributed by atoms with Crippen LogP contribution in [0.3, 0.4) is 0 Å². The van der Waals surface area contributed by atoms with Gasteiger partial charge in [-0.15, -0.1) is 0 Å². The number of hydrogen-bond donors (Lipinski definition) is 1. The SMILES string of the molecule is Cc1ccc(F)c2c(=O)oc(C(=O)O)cc12. The van der Waals surface area contributed by atoms with E-state index < -0.39 is 23.2 Å². The number of aryl methyl sites for hydroxylation is 1. The van der Waals surface area contributed by atoms with Crippen molar-refractivity contribution in [3.63, 3.8) is 0 Å². The molecule has 0 atom stereocenters. The van der Waals surface area contributed by atoms with Gasteiger partial charge in [-0.05, 0) is 30.0 Å². The highest BCUT2D eigenvalue weighted by Crippen LogP contribution is 2.19. The van der Waals surface area contributed by atoms with E-state index in [9.17, 15) is 14.0 Å². The van der Waals surface area contributed by atoms with Crippen LogP contribution in [0.2, 0.25) is 0 Å². The second-order valence-corrected chi connectivity index (χ2v) is 3.36. The van der Waals surface area contributed by atoms with Crippen molar-refractivity contribution >= 4 is 16.7 Å². The lowest BCUT2D eigenvalue weighted by molar-refractivity contribution is 0.0658. The summed E-state index contributed by atoms with van der Waals surface area (Å²) < 4.78 is 17.8. The number of halogens is 1. The zero-order chi connectivity index (χ0) is 11.9. The van der Waals surface area contributed by atoms with Crippen molar-refractivity contribution < 1.29 is 18.7 Å². The summed E-state index contributed by atoms with van der Waals surface area (Å²) in [6.07, 6.45) is 0. The van der Waals surface area contributed by atoms with Gasteiger partial charge in [0.05, 0.1) is 0 Å². The molecule has 0 fully saturated rings. The normalized spacial score (nSPS) is 10.6. The van der Waals surface area contributed by atoms with Gasteiger partial charge in [0.2, 0.25) is 5.76 Å². The molecular formula is C11H7FO4. The molecule has 0 saturated carbocycles. The molecule has 4 nitrogen and oxygen atoms in total. The summed E-state index contributed by atoms with van der Waals surface area (Å²) in [5.74, 6) is -2.57. The number of carboxylic acid groups (broad SMARTS) is 1. The number of hydrogen-bond acceptors (Lipinski definition) is 3. The standard InChI is InChI=1S/C11H7FO4/c1-5-2-3-7(12)9-6(5)4-8(10(13)14)16-11(9)15/h2-4H,1H3,(H,13,14). The second-order valence-electron chi connectivity index (χ2n) is 3.36. The van der Waals surface area contributed by atoms with Crippen LogP contribution in [0.4, 0.5) is 4.39 Å². The zero-order valence-corrected chi connectivity index (χ0v) is 8.28. The maximum Gasteiger partial charge on any atom is 0.371 e. The van der Waals surface area contributed by atoms with Crippen molar-refractivity contribution in [3.8, 4) is 0 Å². The Labute approximate surface area is 88.9 Å². The lowest BCUT2D eigenvalue weighted by Crippen LogP contribution is -2.08. The molecule has 0 unspecified atom stereocenters. The van der Waals surface area contributed by atoms with Gasteiger partial charge >= 0.3 is 11.6 Å². The molecule has 5 heteroatoms. The summed E-state index contributed by atoms with van der Waals surface area (Å²) in [4.78, 5) is 22.1. The molecule has 1 aromatic carbocycles. The molecule has 0 aliphatic carbocycles. The fourth-order valence-electron chi connectivity index (χ4n) is 1.51. The van der Waals surface area contributed by atoms with Crippen LogP contribution >= 0.6 is 0 Å². The number of fused-ring (bicyclic) bond motifs is 1. The van der Waals surface area contributed by atoms with Gasteiger partial charge in [-0.3, -0.25) is 0 Å². The predicted octanol–water partition coefficient (Wildman–Crippen LogP) is 1.94. The first-order valence-corrected chi connectivity index (χ1v) is 4.47. The lowest BCUT2D eigenvalue weighted by Gasteiger charge is -2.02. The highest BCUT2D eigenvalue weighted by atomic mass is 19.1.